The number of hydrogen-bond donors (Lipinski definition) is 0. The molecule has 4 heteroatoms. The van der Waals surface area contributed by atoms with Gasteiger partial charge in [0.05, 0.1) is 6.54 Å². The van der Waals surface area contributed by atoms with Gasteiger partial charge in [-0.1, -0.05) is 30.3 Å². The van der Waals surface area contributed by atoms with Crippen LogP contribution in [-0.2, 0) is 20.1 Å². The highest BCUT2D eigenvalue weighted by molar-refractivity contribution is 5.14. The molecule has 0 unspecified atom stereocenters. The Hall–Kier alpha value is -1.65. The fourth-order valence-electron chi connectivity index (χ4n) is 3.55. The molecule has 3 rings (SSSR count). The average molecular weight is 312 g/mol. The lowest BCUT2D eigenvalue weighted by Gasteiger charge is -2.41. The third kappa shape index (κ3) is 4.01. The van der Waals surface area contributed by atoms with Gasteiger partial charge in [0.2, 0.25) is 0 Å². The van der Waals surface area contributed by atoms with Crippen LogP contribution in [0.15, 0.2) is 42.7 Å². The fourth-order valence-corrected chi connectivity index (χ4v) is 3.55. The molecular weight excluding hydrogens is 284 g/mol. The molecule has 0 radical (unpaired) electrons. The van der Waals surface area contributed by atoms with Crippen molar-refractivity contribution in [2.45, 2.75) is 44.9 Å². The first-order chi connectivity index (χ1) is 11.1. The Morgan fingerprint density at radius 1 is 1.26 bits per heavy atom. The smallest absolute Gasteiger partial charge is 0.122 e. The molecule has 1 aliphatic rings. The monoisotopic (exact) mass is 312 g/mol. The Morgan fingerprint density at radius 2 is 2.04 bits per heavy atom. The zero-order chi connectivity index (χ0) is 16.2. The number of benzene rings is 1. The van der Waals surface area contributed by atoms with E-state index in [4.69, 9.17) is 0 Å². The molecule has 0 N–H and O–H groups in total. The van der Waals surface area contributed by atoms with Crippen molar-refractivity contribution in [1.29, 1.82) is 0 Å². The molecule has 124 valence electrons. The molecule has 1 fully saturated rings. The van der Waals surface area contributed by atoms with Crippen molar-refractivity contribution in [2.24, 2.45) is 7.05 Å². The summed E-state index contributed by atoms with van der Waals surface area (Å²) < 4.78 is 2.12. The van der Waals surface area contributed by atoms with Gasteiger partial charge >= 0.3 is 0 Å². The van der Waals surface area contributed by atoms with E-state index in [0.29, 0.717) is 12.1 Å². The van der Waals surface area contributed by atoms with Gasteiger partial charge in [0, 0.05) is 44.6 Å². The van der Waals surface area contributed by atoms with Crippen LogP contribution in [0.5, 0.6) is 0 Å². The molecule has 1 aliphatic heterocycles. The van der Waals surface area contributed by atoms with E-state index in [1.54, 1.807) is 0 Å². The van der Waals surface area contributed by atoms with Crippen LogP contribution in [0.25, 0.3) is 0 Å². The summed E-state index contributed by atoms with van der Waals surface area (Å²) in [6.45, 7) is 5.53. The topological polar surface area (TPSA) is 24.3 Å². The van der Waals surface area contributed by atoms with Crippen LogP contribution < -0.4 is 0 Å². The largest absolute Gasteiger partial charge is 0.337 e. The second-order valence-electron chi connectivity index (χ2n) is 6.85. The summed E-state index contributed by atoms with van der Waals surface area (Å²) in [5, 5.41) is 0. The number of rotatable bonds is 5. The second-order valence-corrected chi connectivity index (χ2v) is 6.85. The summed E-state index contributed by atoms with van der Waals surface area (Å²) in [5.41, 5.74) is 1.42. The molecule has 0 bridgehead atoms. The lowest BCUT2D eigenvalue weighted by Crippen LogP contribution is -2.47. The number of nitrogens with zero attached hydrogens (tertiary/aromatic N) is 4. The fraction of sp³-hybridized carbons (Fsp3) is 0.526. The summed E-state index contributed by atoms with van der Waals surface area (Å²) in [4.78, 5) is 9.53. The van der Waals surface area contributed by atoms with Gasteiger partial charge in [-0.25, -0.2) is 4.98 Å². The highest BCUT2D eigenvalue weighted by Crippen LogP contribution is 2.23. The highest BCUT2D eigenvalue weighted by Gasteiger charge is 2.28. The molecule has 0 aliphatic carbocycles. The van der Waals surface area contributed by atoms with E-state index >= 15 is 0 Å². The summed E-state index contributed by atoms with van der Waals surface area (Å²) in [6, 6.07) is 12.1. The molecule has 2 heterocycles. The number of hydrogen-bond acceptors (Lipinski definition) is 3. The van der Waals surface area contributed by atoms with Gasteiger partial charge in [-0.2, -0.15) is 0 Å². The lowest BCUT2D eigenvalue weighted by atomic mass is 9.96. The van der Waals surface area contributed by atoms with Crippen LogP contribution in [0.2, 0.25) is 0 Å². The van der Waals surface area contributed by atoms with Gasteiger partial charge in [-0.15, -0.1) is 0 Å². The minimum atomic E-state index is 0.623. The standard InChI is InChI=1S/C19H28N4/c1-16-13-18(22(3)15-19-20-10-12-21(19)2)9-11-23(16)14-17-7-5-4-6-8-17/h4-8,10,12,16,18H,9,11,13-15H2,1-3H3/t16-,18+/m0/s1. The van der Waals surface area contributed by atoms with Crippen LogP contribution in [0, 0.1) is 0 Å². The van der Waals surface area contributed by atoms with Crippen molar-refractivity contribution in [3.05, 3.63) is 54.1 Å². The van der Waals surface area contributed by atoms with Crippen molar-refractivity contribution in [2.75, 3.05) is 13.6 Å². The minimum absolute atomic E-state index is 0.623. The quantitative estimate of drug-likeness (QED) is 0.848. The van der Waals surface area contributed by atoms with Crippen LogP contribution >= 0.6 is 0 Å². The molecule has 2 atom stereocenters. The third-order valence-corrected chi connectivity index (χ3v) is 5.15. The molecule has 0 saturated carbocycles. The van der Waals surface area contributed by atoms with Crippen molar-refractivity contribution >= 4 is 0 Å². The summed E-state index contributed by atoms with van der Waals surface area (Å²) in [7, 11) is 4.31. The van der Waals surface area contributed by atoms with Crippen LogP contribution in [0.3, 0.4) is 0 Å². The predicted molar refractivity (Wildman–Crippen MR) is 94.0 cm³/mol. The molecule has 2 aromatic rings. The first-order valence-corrected chi connectivity index (χ1v) is 8.58. The van der Waals surface area contributed by atoms with E-state index in [9.17, 15) is 0 Å². The first-order valence-electron chi connectivity index (χ1n) is 8.58. The van der Waals surface area contributed by atoms with Crippen LogP contribution in [0.4, 0.5) is 0 Å². The Kier molecular flexibility index (Phi) is 5.13. The van der Waals surface area contributed by atoms with Crippen LogP contribution in [0.1, 0.15) is 31.2 Å². The Bertz CT molecular complexity index is 607. The normalized spacial score (nSPS) is 22.6. The molecule has 4 nitrogen and oxygen atoms in total. The van der Waals surface area contributed by atoms with Gasteiger partial charge in [0.15, 0.2) is 0 Å². The maximum Gasteiger partial charge on any atom is 0.122 e. The molecule has 0 amide bonds. The number of aromatic nitrogens is 2. The maximum absolute atomic E-state index is 4.45. The van der Waals surface area contributed by atoms with E-state index in [2.05, 4.69) is 70.7 Å². The number of piperidine rings is 1. The van der Waals surface area contributed by atoms with Gasteiger partial charge in [0.1, 0.15) is 5.82 Å². The van der Waals surface area contributed by atoms with Crippen LogP contribution in [-0.4, -0.2) is 45.0 Å². The Morgan fingerprint density at radius 3 is 2.70 bits per heavy atom. The molecular formula is C19H28N4. The van der Waals surface area contributed by atoms with E-state index < -0.39 is 0 Å². The summed E-state index contributed by atoms with van der Waals surface area (Å²) in [5.74, 6) is 1.15. The molecule has 0 spiro atoms. The highest BCUT2D eigenvalue weighted by atomic mass is 15.2. The number of aryl methyl sites for hydroxylation is 1. The zero-order valence-electron chi connectivity index (χ0n) is 14.5. The molecule has 1 aromatic carbocycles. The van der Waals surface area contributed by atoms with Gasteiger partial charge in [-0.3, -0.25) is 9.80 Å². The predicted octanol–water partition coefficient (Wildman–Crippen LogP) is 2.91. The van der Waals surface area contributed by atoms with Gasteiger partial charge in [-0.05, 0) is 32.4 Å². The van der Waals surface area contributed by atoms with E-state index in [0.717, 1.165) is 18.9 Å². The van der Waals surface area contributed by atoms with E-state index in [-0.39, 0.29) is 0 Å². The minimum Gasteiger partial charge on any atom is -0.337 e. The van der Waals surface area contributed by atoms with Crippen molar-refractivity contribution in [3.8, 4) is 0 Å². The summed E-state index contributed by atoms with van der Waals surface area (Å²) in [6.07, 6.45) is 6.37. The molecule has 1 saturated heterocycles. The zero-order valence-corrected chi connectivity index (χ0v) is 14.5. The molecule has 23 heavy (non-hydrogen) atoms. The van der Waals surface area contributed by atoms with E-state index in [1.165, 1.54) is 24.9 Å². The Labute approximate surface area is 139 Å². The number of imidazole rings is 1. The SMILES string of the molecule is C[C@H]1C[C@H](N(C)Cc2nccn2C)CCN1Cc1ccccc1. The third-order valence-electron chi connectivity index (χ3n) is 5.15. The van der Waals surface area contributed by atoms with Gasteiger partial charge < -0.3 is 4.57 Å². The first kappa shape index (κ1) is 16.2. The van der Waals surface area contributed by atoms with Crippen molar-refractivity contribution < 1.29 is 0 Å². The average Bonchev–Trinajstić information content (AvgIpc) is 2.95. The number of likely N-dealkylation sites (tertiary alicyclic amines) is 1. The lowest BCUT2D eigenvalue weighted by molar-refractivity contribution is 0.0757. The van der Waals surface area contributed by atoms with E-state index in [1.807, 2.05) is 12.4 Å². The van der Waals surface area contributed by atoms with Crippen molar-refractivity contribution in [1.82, 2.24) is 19.4 Å². The molecule has 1 aromatic heterocycles. The maximum atomic E-state index is 4.45. The van der Waals surface area contributed by atoms with Crippen molar-refractivity contribution in [3.63, 3.8) is 0 Å². The van der Waals surface area contributed by atoms with Gasteiger partial charge in [0.25, 0.3) is 0 Å². The Balaban J connectivity index is 1.54. The second kappa shape index (κ2) is 7.28. The summed E-state index contributed by atoms with van der Waals surface area (Å²) >= 11 is 0.